The number of carboxylic acid groups (broad SMARTS) is 1. The van der Waals surface area contributed by atoms with E-state index in [2.05, 4.69) is 15.5 Å². The van der Waals surface area contributed by atoms with E-state index in [1.54, 1.807) is 0 Å². The van der Waals surface area contributed by atoms with E-state index >= 15 is 0 Å². The van der Waals surface area contributed by atoms with Crippen LogP contribution in [0.1, 0.15) is 34.0 Å². The summed E-state index contributed by atoms with van der Waals surface area (Å²) in [4.78, 5) is 37.5. The van der Waals surface area contributed by atoms with Crippen LogP contribution >= 0.6 is 0 Å². The second-order valence-electron chi connectivity index (χ2n) is 8.32. The van der Waals surface area contributed by atoms with E-state index in [-0.39, 0.29) is 37.0 Å². The molecule has 2 heterocycles. The first kappa shape index (κ1) is 21.7. The molecular formula is C24H22N4O6. The van der Waals surface area contributed by atoms with Gasteiger partial charge in [0.05, 0.1) is 6.10 Å². The summed E-state index contributed by atoms with van der Waals surface area (Å²) in [5, 5.41) is 27.9. The molecule has 0 bridgehead atoms. The van der Waals surface area contributed by atoms with Crippen LogP contribution in [0.4, 0.5) is 10.6 Å². The van der Waals surface area contributed by atoms with Crippen LogP contribution < -0.4 is 5.32 Å². The van der Waals surface area contributed by atoms with Gasteiger partial charge in [-0.15, -0.1) is 0 Å². The number of benzene rings is 2. The van der Waals surface area contributed by atoms with E-state index in [0.717, 1.165) is 27.2 Å². The molecule has 1 aliphatic heterocycles. The molecule has 34 heavy (non-hydrogen) atoms. The van der Waals surface area contributed by atoms with Gasteiger partial charge in [-0.3, -0.25) is 15.2 Å². The molecule has 1 aromatic heterocycles. The van der Waals surface area contributed by atoms with Crippen LogP contribution in [0.25, 0.3) is 11.1 Å². The predicted molar refractivity (Wildman–Crippen MR) is 120 cm³/mol. The average molecular weight is 462 g/mol. The number of carboxylic acids is 1. The number of aliphatic carboxylic acids is 1. The van der Waals surface area contributed by atoms with Crippen molar-refractivity contribution < 1.29 is 29.3 Å². The first-order chi connectivity index (χ1) is 16.4. The van der Waals surface area contributed by atoms with Crippen LogP contribution in [0.2, 0.25) is 0 Å². The summed E-state index contributed by atoms with van der Waals surface area (Å²) in [6, 6.07) is 16.2. The second-order valence-corrected chi connectivity index (χ2v) is 8.32. The number of hydrogen-bond donors (Lipinski definition) is 4. The van der Waals surface area contributed by atoms with Crippen LogP contribution in [0.5, 0.6) is 0 Å². The number of H-pyrrole nitrogens is 1. The number of nitrogens with zero attached hydrogens (tertiary/aromatic N) is 2. The Morgan fingerprint density at radius 1 is 1.09 bits per heavy atom. The molecule has 3 aromatic rings. The zero-order valence-corrected chi connectivity index (χ0v) is 18.0. The van der Waals surface area contributed by atoms with Gasteiger partial charge in [-0.2, -0.15) is 5.10 Å². The molecule has 0 radical (unpaired) electrons. The number of carbonyl (C=O) groups excluding carboxylic acids is 2. The smallest absolute Gasteiger partial charge is 0.412 e. The third-order valence-corrected chi connectivity index (χ3v) is 6.21. The number of β-amino-alcohol motifs (C(OH)–C–C–N with tert-alkyl or cyclic N) is 1. The van der Waals surface area contributed by atoms with E-state index in [1.807, 2.05) is 48.5 Å². The van der Waals surface area contributed by atoms with Crippen molar-refractivity contribution in [3.63, 3.8) is 0 Å². The molecule has 5 rings (SSSR count). The molecule has 2 aliphatic rings. The van der Waals surface area contributed by atoms with Gasteiger partial charge in [-0.05, 0) is 22.3 Å². The molecular weight excluding hydrogens is 440 g/mol. The molecule has 0 saturated carbocycles. The third kappa shape index (κ3) is 3.88. The summed E-state index contributed by atoms with van der Waals surface area (Å²) in [5.41, 5.74) is 4.41. The highest BCUT2D eigenvalue weighted by molar-refractivity contribution is 5.96. The van der Waals surface area contributed by atoms with Crippen LogP contribution in [-0.4, -0.2) is 68.6 Å². The molecule has 2 aromatic carbocycles. The van der Waals surface area contributed by atoms with Crippen molar-refractivity contribution in [3.8, 4) is 11.1 Å². The van der Waals surface area contributed by atoms with Crippen LogP contribution in [0.15, 0.2) is 54.6 Å². The largest absolute Gasteiger partial charge is 0.480 e. The van der Waals surface area contributed by atoms with Gasteiger partial charge in [0, 0.05) is 24.9 Å². The molecule has 0 unspecified atom stereocenters. The molecule has 2 atom stereocenters. The number of amides is 2. The van der Waals surface area contributed by atoms with Crippen molar-refractivity contribution in [1.29, 1.82) is 0 Å². The first-order valence-corrected chi connectivity index (χ1v) is 10.8. The monoisotopic (exact) mass is 462 g/mol. The lowest BCUT2D eigenvalue weighted by atomic mass is 9.98. The first-order valence-electron chi connectivity index (χ1n) is 10.8. The van der Waals surface area contributed by atoms with Crippen molar-refractivity contribution >= 4 is 23.8 Å². The van der Waals surface area contributed by atoms with Crippen molar-refractivity contribution in [2.75, 3.05) is 18.5 Å². The number of nitrogens with one attached hydrogen (secondary N) is 2. The Balaban J connectivity index is 1.23. The van der Waals surface area contributed by atoms with Gasteiger partial charge in [-0.25, -0.2) is 9.59 Å². The summed E-state index contributed by atoms with van der Waals surface area (Å²) in [5.74, 6) is -1.85. The maximum atomic E-state index is 12.7. The molecule has 10 heteroatoms. The van der Waals surface area contributed by atoms with E-state index in [1.165, 1.54) is 6.07 Å². The maximum Gasteiger partial charge on any atom is 0.412 e. The number of carbonyl (C=O) groups is 3. The summed E-state index contributed by atoms with van der Waals surface area (Å²) >= 11 is 0. The molecule has 4 N–H and O–H groups in total. The second kappa shape index (κ2) is 8.64. The number of likely N-dealkylation sites (tertiary alicyclic amines) is 1. The van der Waals surface area contributed by atoms with Crippen LogP contribution in [-0.2, 0) is 9.53 Å². The number of aromatic nitrogens is 2. The van der Waals surface area contributed by atoms with Crippen molar-refractivity contribution in [3.05, 3.63) is 71.4 Å². The molecule has 174 valence electrons. The summed E-state index contributed by atoms with van der Waals surface area (Å²) in [6.45, 7) is 0.0337. The summed E-state index contributed by atoms with van der Waals surface area (Å²) in [6.07, 6.45) is -1.68. The summed E-state index contributed by atoms with van der Waals surface area (Å²) < 4.78 is 5.47. The number of fused-ring (bicyclic) bond motifs is 3. The van der Waals surface area contributed by atoms with E-state index in [9.17, 15) is 24.6 Å². The topological polar surface area (TPSA) is 145 Å². The van der Waals surface area contributed by atoms with E-state index < -0.39 is 30.1 Å². The predicted octanol–water partition coefficient (Wildman–Crippen LogP) is 2.43. The minimum Gasteiger partial charge on any atom is -0.480 e. The van der Waals surface area contributed by atoms with Gasteiger partial charge in [0.2, 0.25) is 0 Å². The number of aromatic amines is 1. The average Bonchev–Trinajstić information content (AvgIpc) is 3.53. The molecule has 1 fully saturated rings. The van der Waals surface area contributed by atoms with Crippen LogP contribution in [0.3, 0.4) is 0 Å². The third-order valence-electron chi connectivity index (χ3n) is 6.21. The Hall–Kier alpha value is -4.18. The van der Waals surface area contributed by atoms with Crippen molar-refractivity contribution in [2.45, 2.75) is 24.5 Å². The number of anilines is 1. The number of rotatable bonds is 5. The molecule has 1 aliphatic carbocycles. The Bertz CT molecular complexity index is 1230. The standard InChI is InChI=1S/C24H22N4O6/c29-13-9-20(23(31)32)28(11-13)22(30)19-10-21(27-26-19)25-24(33)34-12-18-16-7-3-1-5-14(16)15-6-2-4-8-17(15)18/h1-8,10,13,18,20,29H,9,11-12H2,(H,31,32)(H2,25,26,27,33)/t13-,20-/m1/s1. The highest BCUT2D eigenvalue weighted by Crippen LogP contribution is 2.44. The lowest BCUT2D eigenvalue weighted by Gasteiger charge is -2.19. The molecule has 1 saturated heterocycles. The van der Waals surface area contributed by atoms with Gasteiger partial charge in [0.1, 0.15) is 18.3 Å². The lowest BCUT2D eigenvalue weighted by Crippen LogP contribution is -2.40. The fraction of sp³-hybridized carbons (Fsp3) is 0.250. The van der Waals surface area contributed by atoms with Gasteiger partial charge in [-0.1, -0.05) is 48.5 Å². The fourth-order valence-electron chi connectivity index (χ4n) is 4.66. The number of hydrogen-bond acceptors (Lipinski definition) is 6. The van der Waals surface area contributed by atoms with Gasteiger partial charge >= 0.3 is 12.1 Å². The quantitative estimate of drug-likeness (QED) is 0.456. The lowest BCUT2D eigenvalue weighted by molar-refractivity contribution is -0.141. The SMILES string of the molecule is O=C(Nc1cc(C(=O)N2C[C@H](O)C[C@@H]2C(=O)O)[nH]n1)OCC1c2ccccc2-c2ccccc21. The zero-order chi connectivity index (χ0) is 23.8. The minimum absolute atomic E-state index is 0.00528. The number of ether oxygens (including phenoxy) is 1. The van der Waals surface area contributed by atoms with Gasteiger partial charge in [0.15, 0.2) is 5.82 Å². The van der Waals surface area contributed by atoms with Gasteiger partial charge in [0.25, 0.3) is 5.91 Å². The van der Waals surface area contributed by atoms with E-state index in [4.69, 9.17) is 4.74 Å². The number of aliphatic hydroxyl groups is 1. The molecule has 0 spiro atoms. The minimum atomic E-state index is -1.19. The summed E-state index contributed by atoms with van der Waals surface area (Å²) in [7, 11) is 0. The maximum absolute atomic E-state index is 12.7. The molecule has 2 amide bonds. The molecule has 10 nitrogen and oxygen atoms in total. The van der Waals surface area contributed by atoms with Crippen LogP contribution in [0, 0.1) is 0 Å². The van der Waals surface area contributed by atoms with E-state index in [0.29, 0.717) is 0 Å². The van der Waals surface area contributed by atoms with Crippen molar-refractivity contribution in [1.82, 2.24) is 15.1 Å². The Morgan fingerprint density at radius 2 is 1.74 bits per heavy atom. The Labute approximate surface area is 194 Å². The highest BCUT2D eigenvalue weighted by Gasteiger charge is 2.39. The normalized spacial score (nSPS) is 18.9. The fourth-order valence-corrected chi connectivity index (χ4v) is 4.66. The van der Waals surface area contributed by atoms with Gasteiger partial charge < -0.3 is 19.8 Å². The highest BCUT2D eigenvalue weighted by atomic mass is 16.5. The zero-order valence-electron chi connectivity index (χ0n) is 18.0. The Kier molecular flexibility index (Phi) is 5.50. The van der Waals surface area contributed by atoms with Crippen molar-refractivity contribution in [2.24, 2.45) is 0 Å². The Morgan fingerprint density at radius 3 is 2.38 bits per heavy atom. The number of aliphatic hydroxyl groups excluding tert-OH is 1.